The lowest BCUT2D eigenvalue weighted by Gasteiger charge is -2.19. The minimum Gasteiger partial charge on any atom is -0.352 e. The summed E-state index contributed by atoms with van der Waals surface area (Å²) >= 11 is 0. The molecule has 1 aromatic rings. The standard InChI is InChI=1S/C15H26N4O4S/c1-4-5-12-8-19(10-15-16-11(2)18-23-15)9-13(12)17-14(20)6-7-24(3,21)22/h12-13H,4-10H2,1-3H3,(H,17,20)/t12-,13-/m0/s1. The average Bonchev–Trinajstić information content (AvgIpc) is 3.04. The molecule has 0 radical (unpaired) electrons. The Morgan fingerprint density at radius 1 is 1.42 bits per heavy atom. The highest BCUT2D eigenvalue weighted by atomic mass is 32.2. The number of carbonyl (C=O) groups is 1. The SMILES string of the molecule is CCC[C@H]1CN(Cc2nc(C)no2)C[C@@H]1NC(=O)CCS(C)(=O)=O. The molecule has 1 aromatic heterocycles. The van der Waals surface area contributed by atoms with Gasteiger partial charge in [0.1, 0.15) is 9.84 Å². The molecule has 2 atom stereocenters. The summed E-state index contributed by atoms with van der Waals surface area (Å²) in [4.78, 5) is 18.4. The maximum absolute atomic E-state index is 12.0. The highest BCUT2D eigenvalue weighted by Crippen LogP contribution is 2.23. The highest BCUT2D eigenvalue weighted by molar-refractivity contribution is 7.90. The van der Waals surface area contributed by atoms with E-state index in [-0.39, 0.29) is 24.1 Å². The molecule has 136 valence electrons. The maximum atomic E-state index is 12.0. The third-order valence-electron chi connectivity index (χ3n) is 4.15. The number of aryl methyl sites for hydroxylation is 1. The van der Waals surface area contributed by atoms with E-state index in [0.717, 1.165) is 25.6 Å². The van der Waals surface area contributed by atoms with Crippen LogP contribution in [0.2, 0.25) is 0 Å². The van der Waals surface area contributed by atoms with Gasteiger partial charge in [-0.25, -0.2) is 8.42 Å². The molecule has 0 aromatic carbocycles. The first-order chi connectivity index (χ1) is 11.3. The molecule has 0 saturated carbocycles. The largest absolute Gasteiger partial charge is 0.352 e. The minimum absolute atomic E-state index is 0.0109. The summed E-state index contributed by atoms with van der Waals surface area (Å²) in [6, 6.07) is 0.0287. The number of hydrogen-bond donors (Lipinski definition) is 1. The Kier molecular flexibility index (Phi) is 6.34. The van der Waals surface area contributed by atoms with Crippen molar-refractivity contribution in [2.24, 2.45) is 5.92 Å². The molecule has 24 heavy (non-hydrogen) atoms. The van der Waals surface area contributed by atoms with Crippen LogP contribution in [-0.2, 0) is 21.2 Å². The van der Waals surface area contributed by atoms with Gasteiger partial charge in [-0.3, -0.25) is 9.69 Å². The number of carbonyl (C=O) groups excluding carboxylic acids is 1. The fraction of sp³-hybridized carbons (Fsp3) is 0.800. The molecule has 8 nitrogen and oxygen atoms in total. The van der Waals surface area contributed by atoms with Crippen LogP contribution in [0.15, 0.2) is 4.52 Å². The topological polar surface area (TPSA) is 105 Å². The van der Waals surface area contributed by atoms with Gasteiger partial charge >= 0.3 is 0 Å². The minimum atomic E-state index is -3.12. The predicted octanol–water partition coefficient (Wildman–Crippen LogP) is 0.529. The average molecular weight is 358 g/mol. The molecule has 0 spiro atoms. The van der Waals surface area contributed by atoms with E-state index in [1.165, 1.54) is 0 Å². The molecule has 0 unspecified atom stereocenters. The monoisotopic (exact) mass is 358 g/mol. The summed E-state index contributed by atoms with van der Waals surface area (Å²) in [7, 11) is -3.12. The summed E-state index contributed by atoms with van der Waals surface area (Å²) in [5.74, 6) is 1.21. The number of likely N-dealkylation sites (tertiary alicyclic amines) is 1. The Morgan fingerprint density at radius 3 is 2.75 bits per heavy atom. The van der Waals surface area contributed by atoms with E-state index < -0.39 is 9.84 Å². The van der Waals surface area contributed by atoms with Gasteiger partial charge in [0.05, 0.1) is 12.3 Å². The molecule has 2 rings (SSSR count). The number of nitrogens with zero attached hydrogens (tertiary/aromatic N) is 3. The fourth-order valence-electron chi connectivity index (χ4n) is 3.07. The molecule has 2 heterocycles. The number of nitrogens with one attached hydrogen (secondary N) is 1. The highest BCUT2D eigenvalue weighted by Gasteiger charge is 2.33. The van der Waals surface area contributed by atoms with Crippen LogP contribution in [0.4, 0.5) is 0 Å². The predicted molar refractivity (Wildman–Crippen MR) is 89.0 cm³/mol. The van der Waals surface area contributed by atoms with Crippen molar-refractivity contribution in [1.29, 1.82) is 0 Å². The number of aromatic nitrogens is 2. The van der Waals surface area contributed by atoms with Crippen molar-refractivity contribution >= 4 is 15.7 Å². The maximum Gasteiger partial charge on any atom is 0.240 e. The van der Waals surface area contributed by atoms with Crippen LogP contribution in [0.5, 0.6) is 0 Å². The molecule has 1 aliphatic heterocycles. The Labute approximate surface area is 142 Å². The van der Waals surface area contributed by atoms with Gasteiger partial charge in [0.15, 0.2) is 5.82 Å². The zero-order valence-electron chi connectivity index (χ0n) is 14.5. The zero-order chi connectivity index (χ0) is 17.7. The normalized spacial score (nSPS) is 22.0. The van der Waals surface area contributed by atoms with Crippen LogP contribution in [0.1, 0.15) is 37.9 Å². The van der Waals surface area contributed by atoms with E-state index in [9.17, 15) is 13.2 Å². The first-order valence-corrected chi connectivity index (χ1v) is 10.3. The van der Waals surface area contributed by atoms with Crippen molar-refractivity contribution in [3.05, 3.63) is 11.7 Å². The third-order valence-corrected chi connectivity index (χ3v) is 5.10. The summed E-state index contributed by atoms with van der Waals surface area (Å²) in [5.41, 5.74) is 0. The molecule has 1 amide bonds. The van der Waals surface area contributed by atoms with E-state index in [2.05, 4.69) is 27.3 Å². The molecule has 0 aliphatic carbocycles. The molecular weight excluding hydrogens is 332 g/mol. The smallest absolute Gasteiger partial charge is 0.240 e. The Hall–Kier alpha value is -1.48. The Bertz CT molecular complexity index is 658. The van der Waals surface area contributed by atoms with Gasteiger partial charge in [0, 0.05) is 31.8 Å². The van der Waals surface area contributed by atoms with E-state index >= 15 is 0 Å². The van der Waals surface area contributed by atoms with Crippen molar-refractivity contribution in [1.82, 2.24) is 20.4 Å². The molecular formula is C15H26N4O4S. The van der Waals surface area contributed by atoms with Gasteiger partial charge in [-0.2, -0.15) is 4.98 Å². The van der Waals surface area contributed by atoms with Crippen molar-refractivity contribution in [3.63, 3.8) is 0 Å². The molecule has 1 N–H and O–H groups in total. The number of sulfone groups is 1. The Balaban J connectivity index is 1.90. The lowest BCUT2D eigenvalue weighted by molar-refractivity contribution is -0.121. The van der Waals surface area contributed by atoms with E-state index in [4.69, 9.17) is 4.52 Å². The molecule has 1 aliphatic rings. The molecule has 0 bridgehead atoms. The van der Waals surface area contributed by atoms with Crippen LogP contribution in [-0.4, -0.2) is 60.5 Å². The van der Waals surface area contributed by atoms with Crippen LogP contribution in [0.3, 0.4) is 0 Å². The summed E-state index contributed by atoms with van der Waals surface area (Å²) in [5, 5.41) is 6.79. The van der Waals surface area contributed by atoms with Crippen LogP contribution >= 0.6 is 0 Å². The zero-order valence-corrected chi connectivity index (χ0v) is 15.3. The lowest BCUT2D eigenvalue weighted by Crippen LogP contribution is -2.41. The van der Waals surface area contributed by atoms with Gasteiger partial charge in [-0.05, 0) is 19.3 Å². The first kappa shape index (κ1) is 18.9. The summed E-state index contributed by atoms with van der Waals surface area (Å²) < 4.78 is 27.5. The second-order valence-corrected chi connectivity index (χ2v) is 8.79. The van der Waals surface area contributed by atoms with Crippen molar-refractivity contribution in [2.75, 3.05) is 25.1 Å². The fourth-order valence-corrected chi connectivity index (χ4v) is 3.63. The third kappa shape index (κ3) is 5.86. The lowest BCUT2D eigenvalue weighted by atomic mass is 9.98. The van der Waals surface area contributed by atoms with Gasteiger partial charge in [0.2, 0.25) is 11.8 Å². The second kappa shape index (κ2) is 8.06. The van der Waals surface area contributed by atoms with Crippen molar-refractivity contribution in [3.8, 4) is 0 Å². The summed E-state index contributed by atoms with van der Waals surface area (Å²) in [6.45, 7) is 6.02. The molecule has 1 fully saturated rings. The van der Waals surface area contributed by atoms with E-state index in [1.54, 1.807) is 6.92 Å². The molecule has 9 heteroatoms. The van der Waals surface area contributed by atoms with Gasteiger partial charge in [-0.15, -0.1) is 0 Å². The van der Waals surface area contributed by atoms with Crippen LogP contribution in [0.25, 0.3) is 0 Å². The number of amides is 1. The van der Waals surface area contributed by atoms with Gasteiger partial charge in [0.25, 0.3) is 0 Å². The quantitative estimate of drug-likeness (QED) is 0.722. The van der Waals surface area contributed by atoms with Crippen molar-refractivity contribution < 1.29 is 17.7 Å². The van der Waals surface area contributed by atoms with E-state index in [0.29, 0.717) is 30.7 Å². The van der Waals surface area contributed by atoms with Crippen LogP contribution < -0.4 is 5.32 Å². The van der Waals surface area contributed by atoms with Gasteiger partial charge < -0.3 is 9.84 Å². The number of hydrogen-bond acceptors (Lipinski definition) is 7. The number of rotatable bonds is 8. The van der Waals surface area contributed by atoms with Crippen molar-refractivity contribution in [2.45, 2.75) is 45.7 Å². The van der Waals surface area contributed by atoms with Crippen LogP contribution in [0, 0.1) is 12.8 Å². The van der Waals surface area contributed by atoms with Gasteiger partial charge in [-0.1, -0.05) is 18.5 Å². The first-order valence-electron chi connectivity index (χ1n) is 8.25. The molecule has 1 saturated heterocycles. The second-order valence-electron chi connectivity index (χ2n) is 6.53. The summed E-state index contributed by atoms with van der Waals surface area (Å²) in [6.07, 6.45) is 3.20. The van der Waals surface area contributed by atoms with E-state index in [1.807, 2.05) is 0 Å². The Morgan fingerprint density at radius 2 is 2.17 bits per heavy atom.